The fourth-order valence-electron chi connectivity index (χ4n) is 4.20. The van der Waals surface area contributed by atoms with Gasteiger partial charge in [0.1, 0.15) is 5.69 Å². The Balaban J connectivity index is 1.70. The maximum atomic E-state index is 13.3. The third kappa shape index (κ3) is 4.28. The number of aromatic nitrogens is 6. The largest absolute Gasteiger partial charge is 0.329 e. The van der Waals surface area contributed by atoms with Crippen LogP contribution in [0.5, 0.6) is 0 Å². The minimum atomic E-state index is -0.124. The number of aromatic amines is 1. The van der Waals surface area contributed by atoms with Crippen molar-refractivity contribution in [3.63, 3.8) is 0 Å². The number of nitrogens with one attached hydrogen (secondary N) is 1. The molecule has 1 unspecified atom stereocenters. The Bertz CT molecular complexity index is 1290. The lowest BCUT2D eigenvalue weighted by molar-refractivity contribution is 0.111. The van der Waals surface area contributed by atoms with Crippen LogP contribution in [0.1, 0.15) is 61.4 Å². The van der Waals surface area contributed by atoms with Crippen LogP contribution < -0.4 is 5.69 Å². The highest BCUT2D eigenvalue weighted by atomic mass is 16.2. The third-order valence-electron chi connectivity index (χ3n) is 6.07. The van der Waals surface area contributed by atoms with Gasteiger partial charge in [0.05, 0.1) is 12.2 Å². The zero-order valence-electron chi connectivity index (χ0n) is 19.2. The van der Waals surface area contributed by atoms with E-state index in [0.29, 0.717) is 24.5 Å². The second kappa shape index (κ2) is 9.77. The van der Waals surface area contributed by atoms with E-state index in [1.165, 1.54) is 0 Å². The number of rotatable bonds is 9. The molecule has 0 saturated heterocycles. The first-order chi connectivity index (χ1) is 16.1. The summed E-state index contributed by atoms with van der Waals surface area (Å²) in [6.07, 6.45) is 3.15. The van der Waals surface area contributed by atoms with Crippen molar-refractivity contribution in [2.75, 3.05) is 0 Å². The Kier molecular flexibility index (Phi) is 6.63. The second-order valence-electron chi connectivity index (χ2n) is 8.17. The van der Waals surface area contributed by atoms with Crippen molar-refractivity contribution in [1.82, 2.24) is 29.8 Å². The van der Waals surface area contributed by atoms with Crippen molar-refractivity contribution in [2.24, 2.45) is 0 Å². The van der Waals surface area contributed by atoms with E-state index >= 15 is 0 Å². The topological polar surface area (TPSA) is 98.5 Å². The van der Waals surface area contributed by atoms with Crippen molar-refractivity contribution in [1.29, 1.82) is 0 Å². The van der Waals surface area contributed by atoms with Crippen LogP contribution in [0, 0.1) is 0 Å². The van der Waals surface area contributed by atoms with E-state index in [1.54, 1.807) is 9.13 Å². The van der Waals surface area contributed by atoms with Crippen LogP contribution in [0.2, 0.25) is 0 Å². The van der Waals surface area contributed by atoms with E-state index in [2.05, 4.69) is 27.5 Å². The normalized spacial score (nSPS) is 12.1. The summed E-state index contributed by atoms with van der Waals surface area (Å²) in [7, 11) is 0. The number of H-pyrrole nitrogens is 1. The predicted octanol–water partition coefficient (Wildman–Crippen LogP) is 4.28. The number of hydrogen-bond acceptors (Lipinski definition) is 5. The number of benzene rings is 2. The summed E-state index contributed by atoms with van der Waals surface area (Å²) >= 11 is 0. The lowest BCUT2D eigenvalue weighted by Gasteiger charge is -2.10. The summed E-state index contributed by atoms with van der Waals surface area (Å²) in [6, 6.07) is 16.0. The molecule has 0 fully saturated rings. The molecule has 0 saturated carbocycles. The summed E-state index contributed by atoms with van der Waals surface area (Å²) in [6.45, 7) is 6.48. The van der Waals surface area contributed by atoms with Crippen LogP contribution in [0.3, 0.4) is 0 Å². The first-order valence-corrected chi connectivity index (χ1v) is 11.3. The zero-order chi connectivity index (χ0) is 23.4. The van der Waals surface area contributed by atoms with Crippen LogP contribution in [0.25, 0.3) is 22.5 Å². The Morgan fingerprint density at radius 1 is 1.06 bits per heavy atom. The van der Waals surface area contributed by atoms with E-state index in [0.717, 1.165) is 47.1 Å². The maximum absolute atomic E-state index is 13.3. The average Bonchev–Trinajstić information content (AvgIpc) is 3.47. The minimum absolute atomic E-state index is 0.0291. The molecule has 0 aliphatic heterocycles. The Labute approximate surface area is 192 Å². The number of imidazole rings is 1. The Hall–Kier alpha value is -3.81. The molecule has 4 aromatic rings. The SMILES string of the molecule is CCCc1c(C=O)n(C(C)CC)c(=O)n1Cc1ccc(-c2ccccc2-c2nn[nH]n2)cc1. The van der Waals surface area contributed by atoms with Gasteiger partial charge in [-0.2, -0.15) is 5.21 Å². The summed E-state index contributed by atoms with van der Waals surface area (Å²) in [5.74, 6) is 0.540. The zero-order valence-corrected chi connectivity index (χ0v) is 19.2. The summed E-state index contributed by atoms with van der Waals surface area (Å²) in [4.78, 5) is 25.2. The highest BCUT2D eigenvalue weighted by Crippen LogP contribution is 2.30. The molecule has 8 nitrogen and oxygen atoms in total. The van der Waals surface area contributed by atoms with Gasteiger partial charge in [0.15, 0.2) is 6.29 Å². The van der Waals surface area contributed by atoms with E-state index in [9.17, 15) is 9.59 Å². The van der Waals surface area contributed by atoms with Crippen molar-refractivity contribution in [2.45, 2.75) is 52.6 Å². The van der Waals surface area contributed by atoms with Crippen molar-refractivity contribution >= 4 is 6.29 Å². The van der Waals surface area contributed by atoms with Gasteiger partial charge in [0.2, 0.25) is 5.82 Å². The molecular formula is C25H28N6O2. The van der Waals surface area contributed by atoms with E-state index in [-0.39, 0.29) is 11.7 Å². The molecule has 4 rings (SSSR count). The summed E-state index contributed by atoms with van der Waals surface area (Å²) < 4.78 is 3.40. The number of carbonyl (C=O) groups is 1. The Morgan fingerprint density at radius 2 is 1.79 bits per heavy atom. The van der Waals surface area contributed by atoms with Crippen molar-refractivity contribution in [3.8, 4) is 22.5 Å². The number of carbonyl (C=O) groups excluding carboxylic acids is 1. The first-order valence-electron chi connectivity index (χ1n) is 11.3. The fraction of sp³-hybridized carbons (Fsp3) is 0.320. The molecule has 0 radical (unpaired) electrons. The Morgan fingerprint density at radius 3 is 2.39 bits per heavy atom. The van der Waals surface area contributed by atoms with Crippen LogP contribution in [0.15, 0.2) is 53.3 Å². The molecule has 0 bridgehead atoms. The fourth-order valence-corrected chi connectivity index (χ4v) is 4.20. The standard InChI is InChI=1S/C25H28N6O2/c1-4-8-22-23(16-32)31(17(3)5-2)25(33)30(22)15-18-11-13-19(14-12-18)20-9-6-7-10-21(20)24-26-28-29-27-24/h6-7,9-14,16-17H,4-5,8,15H2,1-3H3,(H,26,27,28,29). The molecule has 0 amide bonds. The van der Waals surface area contributed by atoms with Gasteiger partial charge in [-0.1, -0.05) is 68.8 Å². The molecule has 33 heavy (non-hydrogen) atoms. The quantitative estimate of drug-likeness (QED) is 0.389. The molecule has 1 atom stereocenters. The monoisotopic (exact) mass is 444 g/mol. The minimum Gasteiger partial charge on any atom is -0.296 e. The molecule has 0 aliphatic rings. The molecule has 2 aromatic heterocycles. The maximum Gasteiger partial charge on any atom is 0.329 e. The lowest BCUT2D eigenvalue weighted by Crippen LogP contribution is -2.28. The third-order valence-corrected chi connectivity index (χ3v) is 6.07. The molecule has 2 heterocycles. The molecular weight excluding hydrogens is 416 g/mol. The highest BCUT2D eigenvalue weighted by molar-refractivity contribution is 5.80. The van der Waals surface area contributed by atoms with Gasteiger partial charge < -0.3 is 0 Å². The van der Waals surface area contributed by atoms with Crippen LogP contribution >= 0.6 is 0 Å². The second-order valence-corrected chi connectivity index (χ2v) is 8.17. The number of aldehydes is 1. The lowest BCUT2D eigenvalue weighted by atomic mass is 9.98. The van der Waals surface area contributed by atoms with Gasteiger partial charge >= 0.3 is 5.69 Å². The average molecular weight is 445 g/mol. The van der Waals surface area contributed by atoms with E-state index in [1.807, 2.05) is 62.4 Å². The molecule has 170 valence electrons. The molecule has 1 N–H and O–H groups in total. The number of nitrogens with zero attached hydrogens (tertiary/aromatic N) is 5. The van der Waals surface area contributed by atoms with Crippen molar-refractivity contribution < 1.29 is 4.79 Å². The van der Waals surface area contributed by atoms with E-state index in [4.69, 9.17) is 0 Å². The van der Waals surface area contributed by atoms with Gasteiger partial charge in [0, 0.05) is 11.6 Å². The van der Waals surface area contributed by atoms with Crippen LogP contribution in [-0.2, 0) is 13.0 Å². The van der Waals surface area contributed by atoms with Crippen LogP contribution in [0.4, 0.5) is 0 Å². The van der Waals surface area contributed by atoms with Gasteiger partial charge in [-0.05, 0) is 41.7 Å². The van der Waals surface area contributed by atoms with Gasteiger partial charge in [-0.25, -0.2) is 4.79 Å². The van der Waals surface area contributed by atoms with Gasteiger partial charge in [0.25, 0.3) is 0 Å². The van der Waals surface area contributed by atoms with Crippen molar-refractivity contribution in [3.05, 3.63) is 76.0 Å². The molecule has 8 heteroatoms. The summed E-state index contributed by atoms with van der Waals surface area (Å²) in [5.41, 5.74) is 5.09. The predicted molar refractivity (Wildman–Crippen MR) is 127 cm³/mol. The van der Waals surface area contributed by atoms with Gasteiger partial charge in [-0.15, -0.1) is 10.2 Å². The first kappa shape index (κ1) is 22.4. The molecule has 2 aromatic carbocycles. The van der Waals surface area contributed by atoms with Gasteiger partial charge in [-0.3, -0.25) is 13.9 Å². The number of tetrazole rings is 1. The molecule has 0 spiro atoms. The highest BCUT2D eigenvalue weighted by Gasteiger charge is 2.21. The number of hydrogen-bond donors (Lipinski definition) is 1. The smallest absolute Gasteiger partial charge is 0.296 e. The van der Waals surface area contributed by atoms with E-state index < -0.39 is 0 Å². The summed E-state index contributed by atoms with van der Waals surface area (Å²) in [5, 5.41) is 14.4. The molecule has 0 aliphatic carbocycles. The van der Waals surface area contributed by atoms with Crippen LogP contribution in [-0.4, -0.2) is 36.0 Å².